The summed E-state index contributed by atoms with van der Waals surface area (Å²) in [5.41, 5.74) is 5.98. The lowest BCUT2D eigenvalue weighted by Crippen LogP contribution is -1.97. The molecule has 1 aromatic heterocycles. The highest BCUT2D eigenvalue weighted by Gasteiger charge is 2.01. The highest BCUT2D eigenvalue weighted by Crippen LogP contribution is 2.12. The largest absolute Gasteiger partial charge is 0.384 e. The van der Waals surface area contributed by atoms with E-state index >= 15 is 0 Å². The molecule has 4 heteroatoms. The van der Waals surface area contributed by atoms with Crippen molar-refractivity contribution in [2.75, 3.05) is 5.73 Å². The summed E-state index contributed by atoms with van der Waals surface area (Å²) in [7, 11) is 0. The first-order valence-corrected chi connectivity index (χ1v) is 3.83. The number of pyridine rings is 1. The molecule has 0 saturated carbocycles. The van der Waals surface area contributed by atoms with Gasteiger partial charge in [-0.3, -0.25) is 4.79 Å². The molecule has 1 rings (SSSR count). The number of carbonyl (C=O) groups is 1. The van der Waals surface area contributed by atoms with Gasteiger partial charge in [-0.15, -0.1) is 0 Å². The number of nitrogen functional groups attached to an aromatic ring is 1. The zero-order valence-electron chi connectivity index (χ0n) is 5.97. The van der Waals surface area contributed by atoms with Crippen LogP contribution in [-0.4, -0.2) is 10.8 Å². The lowest BCUT2D eigenvalue weighted by Gasteiger charge is -1.97. The van der Waals surface area contributed by atoms with Crippen molar-refractivity contribution in [1.82, 2.24) is 4.98 Å². The van der Waals surface area contributed by atoms with Crippen LogP contribution in [0.2, 0.25) is 0 Å². The lowest BCUT2D eigenvalue weighted by molar-refractivity contribution is 0.101. The minimum atomic E-state index is -0.0141. The molecule has 0 amide bonds. The maximum absolute atomic E-state index is 10.8. The zero-order valence-corrected chi connectivity index (χ0v) is 7.55. The second-order valence-corrected chi connectivity index (χ2v) is 2.97. The van der Waals surface area contributed by atoms with Gasteiger partial charge in [-0.2, -0.15) is 0 Å². The maximum Gasteiger partial charge on any atom is 0.160 e. The van der Waals surface area contributed by atoms with Gasteiger partial charge < -0.3 is 5.73 Å². The average Bonchev–Trinajstić information content (AvgIpc) is 1.85. The monoisotopic (exact) mass is 214 g/mol. The van der Waals surface area contributed by atoms with E-state index in [0.29, 0.717) is 16.0 Å². The fraction of sp³-hybridized carbons (Fsp3) is 0.143. The van der Waals surface area contributed by atoms with E-state index in [1.54, 1.807) is 12.1 Å². The van der Waals surface area contributed by atoms with E-state index in [9.17, 15) is 4.79 Å². The van der Waals surface area contributed by atoms with Gasteiger partial charge in [0.05, 0.1) is 0 Å². The fourth-order valence-electron chi connectivity index (χ4n) is 0.720. The van der Waals surface area contributed by atoms with Crippen LogP contribution in [0.5, 0.6) is 0 Å². The third-order valence-electron chi connectivity index (χ3n) is 1.22. The summed E-state index contributed by atoms with van der Waals surface area (Å²) in [5.74, 6) is 0.337. The number of nitrogens with two attached hydrogens (primary N) is 1. The molecule has 2 N–H and O–H groups in total. The number of ketones is 1. The van der Waals surface area contributed by atoms with Crippen LogP contribution < -0.4 is 5.73 Å². The Morgan fingerprint density at radius 3 is 2.73 bits per heavy atom. The normalized spacial score (nSPS) is 9.64. The smallest absolute Gasteiger partial charge is 0.160 e. The number of nitrogens with zero attached hydrogens (tertiary/aromatic N) is 1. The van der Waals surface area contributed by atoms with E-state index < -0.39 is 0 Å². The van der Waals surface area contributed by atoms with Crippen LogP contribution in [0, 0.1) is 0 Å². The molecular formula is C7H7BrN2O. The van der Waals surface area contributed by atoms with Gasteiger partial charge in [0, 0.05) is 5.56 Å². The molecule has 0 aliphatic rings. The van der Waals surface area contributed by atoms with E-state index in [1.807, 2.05) is 0 Å². The Morgan fingerprint density at radius 1 is 1.64 bits per heavy atom. The van der Waals surface area contributed by atoms with E-state index in [0.717, 1.165) is 0 Å². The van der Waals surface area contributed by atoms with Crippen LogP contribution in [0.15, 0.2) is 16.7 Å². The summed E-state index contributed by atoms with van der Waals surface area (Å²) < 4.78 is 0.586. The molecule has 0 fully saturated rings. The lowest BCUT2D eigenvalue weighted by atomic mass is 10.2. The minimum Gasteiger partial charge on any atom is -0.384 e. The van der Waals surface area contributed by atoms with Gasteiger partial charge in [-0.1, -0.05) is 0 Å². The molecule has 3 nitrogen and oxygen atoms in total. The Labute approximate surface area is 72.7 Å². The summed E-state index contributed by atoms with van der Waals surface area (Å²) in [6.45, 7) is 1.49. The number of hydrogen-bond donors (Lipinski definition) is 1. The first kappa shape index (κ1) is 8.20. The fourth-order valence-corrected chi connectivity index (χ4v) is 1.17. The third kappa shape index (κ3) is 2.01. The summed E-state index contributed by atoms with van der Waals surface area (Å²) in [4.78, 5) is 14.7. The van der Waals surface area contributed by atoms with Crippen LogP contribution in [0.3, 0.4) is 0 Å². The van der Waals surface area contributed by atoms with E-state index in [4.69, 9.17) is 5.73 Å². The number of hydrogen-bond acceptors (Lipinski definition) is 3. The molecule has 0 aliphatic heterocycles. The van der Waals surface area contributed by atoms with Crippen molar-refractivity contribution < 1.29 is 4.79 Å². The number of halogens is 1. The molecule has 0 atom stereocenters. The molecule has 0 unspecified atom stereocenters. The van der Waals surface area contributed by atoms with E-state index in [2.05, 4.69) is 20.9 Å². The van der Waals surface area contributed by atoms with Crippen molar-refractivity contribution in [3.8, 4) is 0 Å². The SMILES string of the molecule is CC(=O)c1cc(N)nc(Br)c1. The topological polar surface area (TPSA) is 56.0 Å². The van der Waals surface area contributed by atoms with Gasteiger partial charge in [0.15, 0.2) is 5.78 Å². The highest BCUT2D eigenvalue weighted by molar-refractivity contribution is 9.10. The Hall–Kier alpha value is -0.900. The summed E-state index contributed by atoms with van der Waals surface area (Å²) in [6.07, 6.45) is 0. The molecule has 0 radical (unpaired) electrons. The van der Waals surface area contributed by atoms with Gasteiger partial charge in [-0.25, -0.2) is 4.98 Å². The number of Topliss-reactive ketones (excluding diaryl/α,β-unsaturated/α-hetero) is 1. The Balaban J connectivity index is 3.19. The molecule has 0 aliphatic carbocycles. The van der Waals surface area contributed by atoms with Gasteiger partial charge >= 0.3 is 0 Å². The third-order valence-corrected chi connectivity index (χ3v) is 1.63. The second-order valence-electron chi connectivity index (χ2n) is 2.16. The number of anilines is 1. The Morgan fingerprint density at radius 2 is 2.27 bits per heavy atom. The van der Waals surface area contributed by atoms with Crippen LogP contribution in [0.1, 0.15) is 17.3 Å². The second kappa shape index (κ2) is 3.00. The molecule has 1 heterocycles. The predicted molar refractivity (Wildman–Crippen MR) is 46.4 cm³/mol. The van der Waals surface area contributed by atoms with E-state index in [1.165, 1.54) is 6.92 Å². The standard InChI is InChI=1S/C7H7BrN2O/c1-4(11)5-2-6(8)10-7(9)3-5/h2-3H,1H3,(H2,9,10). The van der Waals surface area contributed by atoms with Crippen molar-refractivity contribution in [2.24, 2.45) is 0 Å². The number of rotatable bonds is 1. The first-order chi connectivity index (χ1) is 5.09. The summed E-state index contributed by atoms with van der Waals surface area (Å²) >= 11 is 3.14. The van der Waals surface area contributed by atoms with Crippen LogP contribution >= 0.6 is 15.9 Å². The molecule has 0 aromatic carbocycles. The first-order valence-electron chi connectivity index (χ1n) is 3.03. The Kier molecular flexibility index (Phi) is 2.24. The van der Waals surface area contributed by atoms with Gasteiger partial charge in [-0.05, 0) is 35.0 Å². The molecule has 0 bridgehead atoms. The van der Waals surface area contributed by atoms with Crippen molar-refractivity contribution in [1.29, 1.82) is 0 Å². The summed E-state index contributed by atoms with van der Waals surface area (Å²) in [5, 5.41) is 0. The van der Waals surface area contributed by atoms with Crippen LogP contribution in [0.25, 0.3) is 0 Å². The number of carbonyl (C=O) groups excluding carboxylic acids is 1. The zero-order chi connectivity index (χ0) is 8.43. The van der Waals surface area contributed by atoms with Gasteiger partial charge in [0.1, 0.15) is 10.4 Å². The molecule has 0 saturated heterocycles. The van der Waals surface area contributed by atoms with Crippen molar-refractivity contribution in [3.63, 3.8) is 0 Å². The molecule has 11 heavy (non-hydrogen) atoms. The quantitative estimate of drug-likeness (QED) is 0.572. The Bertz CT molecular complexity index is 278. The average molecular weight is 215 g/mol. The van der Waals surface area contributed by atoms with Gasteiger partial charge in [0.2, 0.25) is 0 Å². The van der Waals surface area contributed by atoms with Crippen molar-refractivity contribution in [2.45, 2.75) is 6.92 Å². The van der Waals surface area contributed by atoms with Crippen LogP contribution in [-0.2, 0) is 0 Å². The highest BCUT2D eigenvalue weighted by atomic mass is 79.9. The maximum atomic E-state index is 10.8. The van der Waals surface area contributed by atoms with Gasteiger partial charge in [0.25, 0.3) is 0 Å². The molecule has 1 aromatic rings. The number of aromatic nitrogens is 1. The minimum absolute atomic E-state index is 0.0141. The molecule has 58 valence electrons. The van der Waals surface area contributed by atoms with Crippen molar-refractivity contribution >= 4 is 27.5 Å². The molecular weight excluding hydrogens is 208 g/mol. The van der Waals surface area contributed by atoms with E-state index in [-0.39, 0.29) is 5.78 Å². The van der Waals surface area contributed by atoms with Crippen molar-refractivity contribution in [3.05, 3.63) is 22.3 Å². The molecule has 0 spiro atoms. The summed E-state index contributed by atoms with van der Waals surface area (Å²) in [6, 6.07) is 3.19. The van der Waals surface area contributed by atoms with Crippen LogP contribution in [0.4, 0.5) is 5.82 Å². The predicted octanol–water partition coefficient (Wildman–Crippen LogP) is 1.63.